The van der Waals surface area contributed by atoms with Crippen molar-refractivity contribution in [3.05, 3.63) is 152 Å². The predicted octanol–water partition coefficient (Wildman–Crippen LogP) is 10.4. The Balaban J connectivity index is 1.41. The van der Waals surface area contributed by atoms with Crippen LogP contribution in [0.25, 0.3) is 93.5 Å². The first-order valence-corrected chi connectivity index (χ1v) is 15.9. The molecule has 0 saturated carbocycles. The van der Waals surface area contributed by atoms with Gasteiger partial charge in [-0.05, 0) is 72.8 Å². The standard InChI is InChI=1S/C42H25N5/c1-3-12-26(13-4-1)45-34-18-9-7-16-28(34)31-24-32-29-21-22-30-39(41(29)46(38(32)25-37(31)45)27-14-5-2-6-15-27)40-36(20-11-23-43-40)47-35-19-10-8-17-33(35)44-42(30)47/h1-25H. The van der Waals surface area contributed by atoms with Crippen molar-refractivity contribution in [3.8, 4) is 11.4 Å². The average Bonchev–Trinajstić information content (AvgIpc) is 3.79. The molecule has 0 radical (unpaired) electrons. The number of aromatic nitrogens is 5. The lowest BCUT2D eigenvalue weighted by atomic mass is 10.0. The number of rotatable bonds is 2. The van der Waals surface area contributed by atoms with Gasteiger partial charge >= 0.3 is 0 Å². The molecule has 0 spiro atoms. The molecule has 5 aromatic heterocycles. The van der Waals surface area contributed by atoms with Crippen LogP contribution in [0.15, 0.2) is 152 Å². The molecule has 0 atom stereocenters. The lowest BCUT2D eigenvalue weighted by molar-refractivity contribution is 1.17. The largest absolute Gasteiger partial charge is 0.309 e. The Labute approximate surface area is 268 Å². The number of imidazole rings is 1. The highest BCUT2D eigenvalue weighted by Gasteiger charge is 2.23. The van der Waals surface area contributed by atoms with Gasteiger partial charge in [0.15, 0.2) is 0 Å². The third kappa shape index (κ3) is 3.22. The Morgan fingerprint density at radius 1 is 0.426 bits per heavy atom. The van der Waals surface area contributed by atoms with Gasteiger partial charge in [0.05, 0.1) is 44.1 Å². The zero-order valence-electron chi connectivity index (χ0n) is 25.2. The summed E-state index contributed by atoms with van der Waals surface area (Å²) in [7, 11) is 0. The first-order valence-electron chi connectivity index (χ1n) is 15.9. The number of benzene rings is 6. The Bertz CT molecular complexity index is 3060. The van der Waals surface area contributed by atoms with E-state index >= 15 is 0 Å². The van der Waals surface area contributed by atoms with Crippen molar-refractivity contribution in [1.82, 2.24) is 23.5 Å². The highest BCUT2D eigenvalue weighted by molar-refractivity contribution is 6.29. The smallest absolute Gasteiger partial charge is 0.146 e. The molecule has 47 heavy (non-hydrogen) atoms. The first-order chi connectivity index (χ1) is 23.3. The lowest BCUT2D eigenvalue weighted by Gasteiger charge is -2.13. The predicted molar refractivity (Wildman–Crippen MR) is 194 cm³/mol. The van der Waals surface area contributed by atoms with Crippen molar-refractivity contribution in [2.75, 3.05) is 0 Å². The minimum atomic E-state index is 0.945. The fourth-order valence-electron chi connectivity index (χ4n) is 7.91. The van der Waals surface area contributed by atoms with E-state index in [-0.39, 0.29) is 0 Å². The number of fused-ring (bicyclic) bond motifs is 15. The minimum Gasteiger partial charge on any atom is -0.309 e. The molecule has 11 rings (SSSR count). The maximum atomic E-state index is 5.20. The highest BCUT2D eigenvalue weighted by atomic mass is 15.0. The summed E-state index contributed by atoms with van der Waals surface area (Å²) in [5, 5.41) is 7.09. The number of hydrogen-bond acceptors (Lipinski definition) is 2. The van der Waals surface area contributed by atoms with Crippen LogP contribution in [0.1, 0.15) is 0 Å². The van der Waals surface area contributed by atoms with Gasteiger partial charge in [0.25, 0.3) is 0 Å². The molecule has 218 valence electrons. The van der Waals surface area contributed by atoms with Gasteiger partial charge in [0, 0.05) is 49.9 Å². The summed E-state index contributed by atoms with van der Waals surface area (Å²) in [5.74, 6) is 0. The Morgan fingerprint density at radius 3 is 1.89 bits per heavy atom. The second-order valence-corrected chi connectivity index (χ2v) is 12.3. The van der Waals surface area contributed by atoms with E-state index in [1.54, 1.807) is 0 Å². The molecular weight excluding hydrogens is 574 g/mol. The normalized spacial score (nSPS) is 12.3. The second kappa shape index (κ2) is 9.05. The van der Waals surface area contributed by atoms with E-state index in [0.29, 0.717) is 0 Å². The van der Waals surface area contributed by atoms with Crippen molar-refractivity contribution in [2.24, 2.45) is 0 Å². The maximum absolute atomic E-state index is 5.20. The summed E-state index contributed by atoms with van der Waals surface area (Å²) in [5.41, 5.74) is 12.0. The van der Waals surface area contributed by atoms with Gasteiger partial charge < -0.3 is 9.13 Å². The van der Waals surface area contributed by atoms with Crippen molar-refractivity contribution in [2.45, 2.75) is 0 Å². The Kier molecular flexibility index (Phi) is 4.78. The van der Waals surface area contributed by atoms with Gasteiger partial charge in [-0.15, -0.1) is 0 Å². The molecule has 0 N–H and O–H groups in total. The fraction of sp³-hybridized carbons (Fsp3) is 0. The SMILES string of the molecule is c1ccc(-n2c3ccccc3c3cc4c5ccc6c(c7ncccc7n7c8ccccc8nc67)c5n(-c5ccccc5)c4cc32)cc1. The van der Waals surface area contributed by atoms with Gasteiger partial charge in [-0.25, -0.2) is 4.98 Å². The third-order valence-corrected chi connectivity index (χ3v) is 9.82. The van der Waals surface area contributed by atoms with E-state index in [9.17, 15) is 0 Å². The number of nitrogens with zero attached hydrogens (tertiary/aromatic N) is 5. The minimum absolute atomic E-state index is 0.945. The monoisotopic (exact) mass is 599 g/mol. The summed E-state index contributed by atoms with van der Waals surface area (Å²) >= 11 is 0. The molecule has 5 heteroatoms. The molecule has 0 amide bonds. The van der Waals surface area contributed by atoms with Crippen molar-refractivity contribution in [1.29, 1.82) is 0 Å². The molecular formula is C42H25N5. The van der Waals surface area contributed by atoms with Crippen LogP contribution in [0.3, 0.4) is 0 Å². The van der Waals surface area contributed by atoms with Crippen LogP contribution in [0, 0.1) is 0 Å². The van der Waals surface area contributed by atoms with E-state index in [1.807, 2.05) is 12.3 Å². The molecule has 6 aromatic carbocycles. The van der Waals surface area contributed by atoms with E-state index < -0.39 is 0 Å². The van der Waals surface area contributed by atoms with Crippen LogP contribution in [-0.4, -0.2) is 23.5 Å². The Morgan fingerprint density at radius 2 is 1.06 bits per heavy atom. The van der Waals surface area contributed by atoms with Crippen molar-refractivity contribution in [3.63, 3.8) is 0 Å². The van der Waals surface area contributed by atoms with E-state index in [4.69, 9.17) is 9.97 Å². The van der Waals surface area contributed by atoms with Gasteiger partial charge in [-0.2, -0.15) is 0 Å². The van der Waals surface area contributed by atoms with E-state index in [1.165, 1.54) is 32.6 Å². The number of para-hydroxylation sites is 5. The van der Waals surface area contributed by atoms with E-state index in [2.05, 4.69) is 153 Å². The topological polar surface area (TPSA) is 40.1 Å². The third-order valence-electron chi connectivity index (χ3n) is 9.82. The highest BCUT2D eigenvalue weighted by Crippen LogP contribution is 2.43. The van der Waals surface area contributed by atoms with Crippen LogP contribution in [0.2, 0.25) is 0 Å². The molecule has 0 aliphatic heterocycles. The maximum Gasteiger partial charge on any atom is 0.146 e. The molecule has 0 unspecified atom stereocenters. The molecule has 11 aromatic rings. The zero-order chi connectivity index (χ0) is 30.6. The van der Waals surface area contributed by atoms with Crippen LogP contribution in [0.4, 0.5) is 0 Å². The molecule has 0 aliphatic rings. The molecule has 5 nitrogen and oxygen atoms in total. The van der Waals surface area contributed by atoms with Crippen LogP contribution in [0.5, 0.6) is 0 Å². The lowest BCUT2D eigenvalue weighted by Crippen LogP contribution is -1.98. The first kappa shape index (κ1) is 24.8. The number of pyridine rings is 2. The molecule has 0 aliphatic carbocycles. The summed E-state index contributed by atoms with van der Waals surface area (Å²) in [6, 6.07) is 52.0. The summed E-state index contributed by atoms with van der Waals surface area (Å²) in [4.78, 5) is 10.3. The molecule has 0 saturated heterocycles. The quantitative estimate of drug-likeness (QED) is 0.186. The van der Waals surface area contributed by atoms with Crippen molar-refractivity contribution < 1.29 is 0 Å². The summed E-state index contributed by atoms with van der Waals surface area (Å²) in [6.45, 7) is 0. The van der Waals surface area contributed by atoms with Gasteiger partial charge in [0.2, 0.25) is 0 Å². The van der Waals surface area contributed by atoms with Crippen LogP contribution < -0.4 is 0 Å². The van der Waals surface area contributed by atoms with Gasteiger partial charge in [-0.3, -0.25) is 9.38 Å². The summed E-state index contributed by atoms with van der Waals surface area (Å²) in [6.07, 6.45) is 1.91. The van der Waals surface area contributed by atoms with Gasteiger partial charge in [-0.1, -0.05) is 72.8 Å². The second-order valence-electron chi connectivity index (χ2n) is 12.3. The molecule has 0 bridgehead atoms. The molecule has 0 fully saturated rings. The van der Waals surface area contributed by atoms with Crippen LogP contribution in [-0.2, 0) is 0 Å². The average molecular weight is 600 g/mol. The molecule has 5 heterocycles. The Hall–Kier alpha value is -6.46. The number of hydrogen-bond donors (Lipinski definition) is 0. The van der Waals surface area contributed by atoms with Crippen LogP contribution >= 0.6 is 0 Å². The zero-order valence-corrected chi connectivity index (χ0v) is 25.2. The fourth-order valence-corrected chi connectivity index (χ4v) is 7.91. The van der Waals surface area contributed by atoms with Gasteiger partial charge in [0.1, 0.15) is 5.65 Å². The van der Waals surface area contributed by atoms with E-state index in [0.717, 1.165) is 60.9 Å². The summed E-state index contributed by atoms with van der Waals surface area (Å²) < 4.78 is 7.10. The van der Waals surface area contributed by atoms with Crippen molar-refractivity contribution >= 4 is 82.1 Å².